The van der Waals surface area contributed by atoms with Crippen molar-refractivity contribution < 1.29 is 4.79 Å². The molecule has 5 heteroatoms. The van der Waals surface area contributed by atoms with Crippen molar-refractivity contribution in [3.05, 3.63) is 12.3 Å². The van der Waals surface area contributed by atoms with Crippen molar-refractivity contribution in [2.75, 3.05) is 14.1 Å². The predicted octanol–water partition coefficient (Wildman–Crippen LogP) is -0.478. The summed E-state index contributed by atoms with van der Waals surface area (Å²) < 4.78 is 0. The van der Waals surface area contributed by atoms with E-state index < -0.39 is 0 Å². The molecular formula is C7H12N4O. The summed E-state index contributed by atoms with van der Waals surface area (Å²) in [6, 6.07) is 0. The van der Waals surface area contributed by atoms with Gasteiger partial charge in [0.15, 0.2) is 0 Å². The molecule has 0 radical (unpaired) electrons. The molecule has 0 aliphatic rings. The molecule has 0 aliphatic heterocycles. The van der Waals surface area contributed by atoms with Gasteiger partial charge in [0, 0.05) is 14.1 Å². The third-order valence-electron chi connectivity index (χ3n) is 0.973. The predicted molar refractivity (Wildman–Crippen MR) is 49.3 cm³/mol. The molecule has 12 heavy (non-hydrogen) atoms. The van der Waals surface area contributed by atoms with E-state index in [4.69, 9.17) is 0 Å². The van der Waals surface area contributed by atoms with E-state index in [0.717, 1.165) is 0 Å². The van der Waals surface area contributed by atoms with Gasteiger partial charge in [-0.2, -0.15) is 0 Å². The quantitative estimate of drug-likeness (QED) is 0.338. The number of carbonyl (C=O) groups excluding carboxylic acids is 1. The zero-order valence-corrected chi connectivity index (χ0v) is 7.16. The highest BCUT2D eigenvalue weighted by Gasteiger charge is 1.98. The number of nitrogens with one attached hydrogen (secondary N) is 2. The van der Waals surface area contributed by atoms with Gasteiger partial charge < -0.3 is 10.6 Å². The SMILES string of the molecule is C=C(/N=C\N=C\NC)C(=O)NC. The fraction of sp³-hybridized carbons (Fsp3) is 0.286. The Morgan fingerprint density at radius 2 is 2.17 bits per heavy atom. The zero-order chi connectivity index (χ0) is 9.40. The summed E-state index contributed by atoms with van der Waals surface area (Å²) in [6.07, 6.45) is 2.69. The van der Waals surface area contributed by atoms with Crippen LogP contribution in [0.15, 0.2) is 22.3 Å². The third kappa shape index (κ3) is 4.21. The molecule has 0 fully saturated rings. The van der Waals surface area contributed by atoms with Crippen LogP contribution in [0.2, 0.25) is 0 Å². The van der Waals surface area contributed by atoms with Crippen molar-refractivity contribution in [1.29, 1.82) is 0 Å². The molecule has 0 bridgehead atoms. The molecule has 0 unspecified atom stereocenters. The molecule has 2 N–H and O–H groups in total. The molecule has 0 aromatic rings. The van der Waals surface area contributed by atoms with Gasteiger partial charge in [0.2, 0.25) is 0 Å². The summed E-state index contributed by atoms with van der Waals surface area (Å²) in [4.78, 5) is 18.1. The van der Waals surface area contributed by atoms with E-state index >= 15 is 0 Å². The minimum absolute atomic E-state index is 0.130. The molecule has 0 rings (SSSR count). The Bertz CT molecular complexity index is 219. The van der Waals surface area contributed by atoms with Crippen molar-refractivity contribution in [3.63, 3.8) is 0 Å². The van der Waals surface area contributed by atoms with Crippen molar-refractivity contribution in [1.82, 2.24) is 10.6 Å². The fourth-order valence-electron chi connectivity index (χ4n) is 0.414. The molecule has 0 saturated carbocycles. The van der Waals surface area contributed by atoms with Crippen LogP contribution in [0.5, 0.6) is 0 Å². The highest BCUT2D eigenvalue weighted by atomic mass is 16.1. The summed E-state index contributed by atoms with van der Waals surface area (Å²) in [5.74, 6) is -0.314. The number of likely N-dealkylation sites (N-methyl/N-ethyl adjacent to an activating group) is 1. The van der Waals surface area contributed by atoms with Crippen molar-refractivity contribution in [3.8, 4) is 0 Å². The van der Waals surface area contributed by atoms with Gasteiger partial charge in [0.25, 0.3) is 5.91 Å². The van der Waals surface area contributed by atoms with E-state index in [0.29, 0.717) is 0 Å². The van der Waals surface area contributed by atoms with Gasteiger partial charge in [0.05, 0.1) is 6.34 Å². The topological polar surface area (TPSA) is 65.8 Å². The van der Waals surface area contributed by atoms with Gasteiger partial charge in [-0.25, -0.2) is 9.98 Å². The number of rotatable bonds is 4. The first-order valence-corrected chi connectivity index (χ1v) is 3.34. The lowest BCUT2D eigenvalue weighted by atomic mass is 10.5. The fourth-order valence-corrected chi connectivity index (χ4v) is 0.414. The third-order valence-corrected chi connectivity index (χ3v) is 0.973. The molecule has 0 saturated heterocycles. The Morgan fingerprint density at radius 1 is 1.50 bits per heavy atom. The highest BCUT2D eigenvalue weighted by Crippen LogP contribution is 1.88. The van der Waals surface area contributed by atoms with E-state index in [9.17, 15) is 4.79 Å². The maximum absolute atomic E-state index is 10.8. The van der Waals surface area contributed by atoms with E-state index in [-0.39, 0.29) is 11.6 Å². The highest BCUT2D eigenvalue weighted by molar-refractivity contribution is 5.93. The molecule has 0 spiro atoms. The normalized spacial score (nSPS) is 10.5. The van der Waals surface area contributed by atoms with Crippen LogP contribution < -0.4 is 10.6 Å². The molecule has 0 atom stereocenters. The summed E-state index contributed by atoms with van der Waals surface area (Å²) in [5.41, 5.74) is 0.130. The van der Waals surface area contributed by atoms with Crippen molar-refractivity contribution >= 4 is 18.6 Å². The van der Waals surface area contributed by atoms with Crippen LogP contribution in [-0.4, -0.2) is 32.7 Å². The standard InChI is InChI=1S/C7H12N4O/c1-6(7(12)9-3)11-5-10-4-8-2/h4-5H,1H2,2-3H3,(H,9,12)(H,8,10,11). The average molecular weight is 168 g/mol. The zero-order valence-electron chi connectivity index (χ0n) is 7.16. The minimum Gasteiger partial charge on any atom is -0.379 e. The Kier molecular flexibility index (Phi) is 5.25. The van der Waals surface area contributed by atoms with Crippen molar-refractivity contribution in [2.24, 2.45) is 9.98 Å². The van der Waals surface area contributed by atoms with E-state index in [2.05, 4.69) is 27.2 Å². The second-order valence-corrected chi connectivity index (χ2v) is 1.84. The molecule has 66 valence electrons. The first-order valence-electron chi connectivity index (χ1n) is 3.34. The Morgan fingerprint density at radius 3 is 2.67 bits per heavy atom. The molecule has 0 aromatic carbocycles. The minimum atomic E-state index is -0.314. The second-order valence-electron chi connectivity index (χ2n) is 1.84. The number of hydrogen-bond donors (Lipinski definition) is 2. The van der Waals surface area contributed by atoms with Crippen LogP contribution in [0.4, 0.5) is 0 Å². The van der Waals surface area contributed by atoms with E-state index in [1.807, 2.05) is 0 Å². The first-order chi connectivity index (χ1) is 5.72. The van der Waals surface area contributed by atoms with Crippen molar-refractivity contribution in [2.45, 2.75) is 0 Å². The summed E-state index contributed by atoms with van der Waals surface area (Å²) in [7, 11) is 3.23. The largest absolute Gasteiger partial charge is 0.379 e. The van der Waals surface area contributed by atoms with E-state index in [1.54, 1.807) is 7.05 Å². The van der Waals surface area contributed by atoms with Gasteiger partial charge in [-0.05, 0) is 0 Å². The Hall–Kier alpha value is -1.65. The smallest absolute Gasteiger partial charge is 0.269 e. The van der Waals surface area contributed by atoms with Crippen LogP contribution in [0.25, 0.3) is 0 Å². The Labute approximate surface area is 71.3 Å². The van der Waals surface area contributed by atoms with Crippen LogP contribution in [0.3, 0.4) is 0 Å². The lowest BCUT2D eigenvalue weighted by Gasteiger charge is -1.94. The maximum atomic E-state index is 10.8. The van der Waals surface area contributed by atoms with Gasteiger partial charge in [-0.1, -0.05) is 6.58 Å². The van der Waals surface area contributed by atoms with Crippen LogP contribution in [0, 0.1) is 0 Å². The van der Waals surface area contributed by atoms with Gasteiger partial charge in [-0.15, -0.1) is 0 Å². The molecule has 5 nitrogen and oxygen atoms in total. The second kappa shape index (κ2) is 6.09. The average Bonchev–Trinajstić information content (AvgIpc) is 2.10. The van der Waals surface area contributed by atoms with Crippen LogP contribution >= 0.6 is 0 Å². The summed E-state index contributed by atoms with van der Waals surface area (Å²) in [5, 5.41) is 5.06. The Balaban J connectivity index is 3.91. The lowest BCUT2D eigenvalue weighted by molar-refractivity contribution is -0.117. The van der Waals surface area contributed by atoms with Gasteiger partial charge in [0.1, 0.15) is 12.0 Å². The van der Waals surface area contributed by atoms with Gasteiger partial charge in [-0.3, -0.25) is 4.79 Å². The number of nitrogens with zero attached hydrogens (tertiary/aromatic N) is 2. The number of hydrogen-bond acceptors (Lipinski definition) is 2. The molecular weight excluding hydrogens is 156 g/mol. The first kappa shape index (κ1) is 10.3. The molecule has 0 heterocycles. The summed E-state index contributed by atoms with van der Waals surface area (Å²) in [6.45, 7) is 3.42. The van der Waals surface area contributed by atoms with Crippen LogP contribution in [-0.2, 0) is 4.79 Å². The number of amides is 1. The molecule has 0 aromatic heterocycles. The monoisotopic (exact) mass is 168 g/mol. The maximum Gasteiger partial charge on any atom is 0.269 e. The van der Waals surface area contributed by atoms with E-state index in [1.165, 1.54) is 19.7 Å². The molecule has 0 aliphatic carbocycles. The molecule has 1 amide bonds. The number of carbonyl (C=O) groups is 1. The number of aliphatic imine (C=N–C) groups is 2. The van der Waals surface area contributed by atoms with Crippen LogP contribution in [0.1, 0.15) is 0 Å². The van der Waals surface area contributed by atoms with Gasteiger partial charge >= 0.3 is 0 Å². The summed E-state index contributed by atoms with van der Waals surface area (Å²) >= 11 is 0. The lowest BCUT2D eigenvalue weighted by Crippen LogP contribution is -2.18.